The van der Waals surface area contributed by atoms with Crippen LogP contribution in [0.25, 0.3) is 0 Å². The first-order chi connectivity index (χ1) is 13.6. The Morgan fingerprint density at radius 1 is 1.14 bits per heavy atom. The molecule has 154 valence electrons. The second-order valence-electron chi connectivity index (χ2n) is 8.15. The molecule has 2 aromatic rings. The predicted molar refractivity (Wildman–Crippen MR) is 112 cm³/mol. The smallest absolute Gasteiger partial charge is 0.248 e. The van der Waals surface area contributed by atoms with Crippen molar-refractivity contribution < 1.29 is 14.0 Å². The first kappa shape index (κ1) is 21.3. The number of rotatable bonds is 5. The number of carbonyl (C=O) groups is 2. The van der Waals surface area contributed by atoms with Crippen LogP contribution in [0.1, 0.15) is 35.6 Å². The van der Waals surface area contributed by atoms with E-state index in [1.165, 1.54) is 12.1 Å². The molecule has 0 aliphatic carbocycles. The fraction of sp³-hybridized carbons (Fsp3) is 0.391. The highest BCUT2D eigenvalue weighted by atomic mass is 35.5. The number of likely N-dealkylation sites (tertiary alicyclic amines) is 1. The second kappa shape index (κ2) is 8.15. The van der Waals surface area contributed by atoms with Crippen LogP contribution in [0.3, 0.4) is 0 Å². The molecule has 29 heavy (non-hydrogen) atoms. The van der Waals surface area contributed by atoms with Crippen molar-refractivity contribution in [1.82, 2.24) is 9.80 Å². The van der Waals surface area contributed by atoms with Crippen LogP contribution in [-0.2, 0) is 22.6 Å². The lowest BCUT2D eigenvalue weighted by atomic mass is 9.84. The van der Waals surface area contributed by atoms with Crippen LogP contribution >= 0.6 is 11.6 Å². The van der Waals surface area contributed by atoms with Crippen LogP contribution in [0.4, 0.5) is 4.39 Å². The number of carbonyl (C=O) groups excluding carboxylic acids is 2. The molecule has 1 aliphatic rings. The maximum Gasteiger partial charge on any atom is 0.248 e. The van der Waals surface area contributed by atoms with E-state index in [0.717, 1.165) is 16.7 Å². The van der Waals surface area contributed by atoms with Crippen molar-refractivity contribution in [3.8, 4) is 0 Å². The molecule has 0 aromatic heterocycles. The number of nitrogens with zero attached hydrogens (tertiary/aromatic N) is 2. The first-order valence-electron chi connectivity index (χ1n) is 9.67. The van der Waals surface area contributed by atoms with Gasteiger partial charge in [-0.3, -0.25) is 9.59 Å². The molecule has 0 N–H and O–H groups in total. The average molecular weight is 417 g/mol. The van der Waals surface area contributed by atoms with Crippen molar-refractivity contribution in [3.63, 3.8) is 0 Å². The zero-order chi connectivity index (χ0) is 21.3. The molecule has 0 saturated carbocycles. The van der Waals surface area contributed by atoms with Gasteiger partial charge in [-0.2, -0.15) is 0 Å². The second-order valence-corrected chi connectivity index (χ2v) is 8.56. The number of amides is 2. The first-order valence-corrected chi connectivity index (χ1v) is 10.0. The molecule has 2 amide bonds. The summed E-state index contributed by atoms with van der Waals surface area (Å²) in [5.41, 5.74) is 2.98. The lowest BCUT2D eigenvalue weighted by Crippen LogP contribution is -2.67. The molecule has 0 spiro atoms. The van der Waals surface area contributed by atoms with Crippen LogP contribution in [0.2, 0.25) is 5.02 Å². The summed E-state index contributed by atoms with van der Waals surface area (Å²) in [4.78, 5) is 29.2. The monoisotopic (exact) mass is 416 g/mol. The summed E-state index contributed by atoms with van der Waals surface area (Å²) in [6.45, 7) is 6.63. The van der Waals surface area contributed by atoms with Gasteiger partial charge in [-0.1, -0.05) is 47.0 Å². The molecule has 1 saturated heterocycles. The van der Waals surface area contributed by atoms with E-state index in [1.807, 2.05) is 26.0 Å². The Morgan fingerprint density at radius 3 is 2.34 bits per heavy atom. The van der Waals surface area contributed by atoms with E-state index in [0.29, 0.717) is 18.5 Å². The van der Waals surface area contributed by atoms with Gasteiger partial charge in [0, 0.05) is 20.1 Å². The fourth-order valence-electron chi connectivity index (χ4n) is 4.02. The minimum atomic E-state index is -0.865. The van der Waals surface area contributed by atoms with Gasteiger partial charge in [0.15, 0.2) is 0 Å². The summed E-state index contributed by atoms with van der Waals surface area (Å²) in [6.07, 6.45) is 0.890. The molecule has 1 atom stereocenters. The number of aryl methyl sites for hydroxylation is 2. The number of hydrogen-bond acceptors (Lipinski definition) is 2. The maximum absolute atomic E-state index is 13.7. The lowest BCUT2D eigenvalue weighted by molar-refractivity contribution is -0.163. The highest BCUT2D eigenvalue weighted by Crippen LogP contribution is 2.33. The molecule has 3 rings (SSSR count). The zero-order valence-corrected chi connectivity index (χ0v) is 18.0. The van der Waals surface area contributed by atoms with Gasteiger partial charge >= 0.3 is 0 Å². The Morgan fingerprint density at radius 2 is 1.79 bits per heavy atom. The Labute approximate surface area is 176 Å². The normalized spacial score (nSPS) is 18.3. The summed E-state index contributed by atoms with van der Waals surface area (Å²) in [7, 11) is 1.67. The van der Waals surface area contributed by atoms with E-state index in [4.69, 9.17) is 11.6 Å². The quantitative estimate of drug-likeness (QED) is 0.729. The van der Waals surface area contributed by atoms with Crippen LogP contribution in [0.15, 0.2) is 36.4 Å². The highest BCUT2D eigenvalue weighted by molar-refractivity contribution is 6.30. The molecule has 0 bridgehead atoms. The number of benzene rings is 2. The molecule has 1 heterocycles. The summed E-state index contributed by atoms with van der Waals surface area (Å²) in [5.74, 6) is -0.707. The molecule has 0 radical (unpaired) electrons. The van der Waals surface area contributed by atoms with Gasteiger partial charge < -0.3 is 9.80 Å². The van der Waals surface area contributed by atoms with Gasteiger partial charge in [-0.25, -0.2) is 4.39 Å². The Hall–Kier alpha value is -2.40. The number of hydrogen-bond donors (Lipinski definition) is 0. The fourth-order valence-corrected chi connectivity index (χ4v) is 4.13. The van der Waals surface area contributed by atoms with E-state index in [9.17, 15) is 14.0 Å². The predicted octanol–water partition coefficient (Wildman–Crippen LogP) is 4.29. The number of halogens is 2. The third-order valence-corrected chi connectivity index (χ3v) is 5.87. The lowest BCUT2D eigenvalue weighted by Gasteiger charge is -2.50. The summed E-state index contributed by atoms with van der Waals surface area (Å²) >= 11 is 5.72. The Balaban J connectivity index is 1.69. The van der Waals surface area contributed by atoms with E-state index in [1.54, 1.807) is 29.8 Å². The Bertz CT molecular complexity index is 942. The van der Waals surface area contributed by atoms with Crippen molar-refractivity contribution in [2.45, 2.75) is 45.7 Å². The number of likely N-dealkylation sites (N-methyl/N-ethyl adjacent to an activating group) is 1. The van der Waals surface area contributed by atoms with Gasteiger partial charge in [0.1, 0.15) is 11.4 Å². The van der Waals surface area contributed by atoms with Crippen LogP contribution in [-0.4, -0.2) is 40.7 Å². The van der Waals surface area contributed by atoms with E-state index in [2.05, 4.69) is 6.07 Å². The molecule has 2 aromatic carbocycles. The maximum atomic E-state index is 13.7. The standard InChI is InChI=1S/C23H26ClFN2O2/c1-15-9-16(2)11-18(10-15)13-21(28)27-8-7-23(27,3)22(29)26(4)14-17-5-6-19(24)20(25)12-17/h5-6,9-12H,7-8,13-14H2,1-4H3. The third-order valence-electron chi connectivity index (χ3n) is 5.57. The molecular formula is C23H26ClFN2O2. The van der Waals surface area contributed by atoms with Crippen LogP contribution < -0.4 is 0 Å². The van der Waals surface area contributed by atoms with Crippen molar-refractivity contribution in [2.24, 2.45) is 0 Å². The van der Waals surface area contributed by atoms with Gasteiger partial charge in [-0.05, 0) is 50.5 Å². The van der Waals surface area contributed by atoms with Crippen molar-refractivity contribution in [2.75, 3.05) is 13.6 Å². The molecule has 1 unspecified atom stereocenters. The van der Waals surface area contributed by atoms with Crippen molar-refractivity contribution in [1.29, 1.82) is 0 Å². The average Bonchev–Trinajstić information content (AvgIpc) is 2.61. The summed E-state index contributed by atoms with van der Waals surface area (Å²) in [6, 6.07) is 10.6. The van der Waals surface area contributed by atoms with E-state index >= 15 is 0 Å². The largest absolute Gasteiger partial charge is 0.339 e. The van der Waals surface area contributed by atoms with Gasteiger partial charge in [0.05, 0.1) is 11.4 Å². The molecule has 6 heteroatoms. The van der Waals surface area contributed by atoms with E-state index < -0.39 is 11.4 Å². The minimum absolute atomic E-state index is 0.0526. The van der Waals surface area contributed by atoms with E-state index in [-0.39, 0.29) is 29.8 Å². The van der Waals surface area contributed by atoms with Gasteiger partial charge in [0.25, 0.3) is 0 Å². The summed E-state index contributed by atoms with van der Waals surface area (Å²) in [5, 5.41) is 0.0526. The Kier molecular flexibility index (Phi) is 5.99. The minimum Gasteiger partial charge on any atom is -0.339 e. The van der Waals surface area contributed by atoms with Crippen LogP contribution in [0.5, 0.6) is 0 Å². The van der Waals surface area contributed by atoms with Gasteiger partial charge in [-0.15, -0.1) is 0 Å². The highest BCUT2D eigenvalue weighted by Gasteiger charge is 2.50. The summed E-state index contributed by atoms with van der Waals surface area (Å²) < 4.78 is 13.7. The molecule has 4 nitrogen and oxygen atoms in total. The van der Waals surface area contributed by atoms with Crippen molar-refractivity contribution in [3.05, 3.63) is 69.5 Å². The SMILES string of the molecule is Cc1cc(C)cc(CC(=O)N2CCC2(C)C(=O)N(C)Cc2ccc(Cl)c(F)c2)c1. The topological polar surface area (TPSA) is 40.6 Å². The van der Waals surface area contributed by atoms with Crippen LogP contribution in [0, 0.1) is 19.7 Å². The third kappa shape index (κ3) is 4.45. The molecular weight excluding hydrogens is 391 g/mol. The molecule has 1 fully saturated rings. The van der Waals surface area contributed by atoms with Gasteiger partial charge in [0.2, 0.25) is 11.8 Å². The molecule has 1 aliphatic heterocycles. The zero-order valence-electron chi connectivity index (χ0n) is 17.3. The van der Waals surface area contributed by atoms with Crippen molar-refractivity contribution >= 4 is 23.4 Å².